The molecule has 1 fully saturated rings. The molecule has 0 aliphatic carbocycles. The van der Waals surface area contributed by atoms with Crippen LogP contribution in [0, 0.1) is 0 Å². The van der Waals surface area contributed by atoms with Crippen molar-refractivity contribution in [2.75, 3.05) is 25.1 Å². The number of carbonyl (C=O) groups is 1. The minimum Gasteiger partial charge on any atom is -0.497 e. The Balaban J connectivity index is 1.46. The van der Waals surface area contributed by atoms with Crippen LogP contribution in [0.2, 0.25) is 0 Å². The Morgan fingerprint density at radius 1 is 1.03 bits per heavy atom. The first-order valence-electron chi connectivity index (χ1n) is 12.2. The van der Waals surface area contributed by atoms with Crippen LogP contribution in [0.5, 0.6) is 5.75 Å². The highest BCUT2D eigenvalue weighted by atomic mass is 32.2. The van der Waals surface area contributed by atoms with E-state index in [1.54, 1.807) is 34.6 Å². The van der Waals surface area contributed by atoms with E-state index in [9.17, 15) is 13.2 Å². The Morgan fingerprint density at radius 2 is 1.78 bits per heavy atom. The third kappa shape index (κ3) is 5.51. The number of fused-ring (bicyclic) bond motifs is 1. The van der Waals surface area contributed by atoms with Gasteiger partial charge < -0.3 is 4.74 Å². The fourth-order valence-electron chi connectivity index (χ4n) is 4.37. The normalized spacial score (nSPS) is 14.8. The number of anilines is 1. The molecule has 0 atom stereocenters. The van der Waals surface area contributed by atoms with Crippen molar-refractivity contribution in [3.8, 4) is 5.75 Å². The summed E-state index contributed by atoms with van der Waals surface area (Å²) in [6.45, 7) is 1.29. The highest BCUT2D eigenvalue weighted by Crippen LogP contribution is 2.33. The molecule has 1 saturated heterocycles. The van der Waals surface area contributed by atoms with Gasteiger partial charge in [0.1, 0.15) is 5.75 Å². The molecule has 0 unspecified atom stereocenters. The topological polar surface area (TPSA) is 92.7 Å². The van der Waals surface area contributed by atoms with Crippen molar-refractivity contribution in [2.24, 2.45) is 0 Å². The molecule has 0 radical (unpaired) electrons. The van der Waals surface area contributed by atoms with E-state index >= 15 is 0 Å². The van der Waals surface area contributed by atoms with Gasteiger partial charge in [0.2, 0.25) is 10.0 Å². The van der Waals surface area contributed by atoms with Gasteiger partial charge in [0.15, 0.2) is 5.13 Å². The zero-order valence-corrected chi connectivity index (χ0v) is 22.2. The quantitative estimate of drug-likeness (QED) is 0.326. The van der Waals surface area contributed by atoms with Gasteiger partial charge in [-0.3, -0.25) is 14.7 Å². The van der Waals surface area contributed by atoms with Crippen LogP contribution in [0.15, 0.2) is 71.8 Å². The number of nitrogens with zero attached hydrogens (tertiary/aromatic N) is 4. The molecule has 3 heterocycles. The summed E-state index contributed by atoms with van der Waals surface area (Å²) in [6, 6.07) is 17.3. The SMILES string of the molecule is COc1ccc2nc(N(Cc3ccccn3)C(=O)c3ccc(S(=O)(=O)N4CCCCCC4)cc3)sc2c1. The maximum absolute atomic E-state index is 13.7. The smallest absolute Gasteiger partial charge is 0.260 e. The number of benzene rings is 2. The molecule has 5 rings (SSSR count). The first-order valence-corrected chi connectivity index (χ1v) is 14.5. The molecule has 37 heavy (non-hydrogen) atoms. The van der Waals surface area contributed by atoms with Crippen LogP contribution >= 0.6 is 11.3 Å². The molecule has 1 aliphatic heterocycles. The molecular weight excluding hydrogens is 508 g/mol. The van der Waals surface area contributed by atoms with E-state index in [4.69, 9.17) is 9.72 Å². The average molecular weight is 537 g/mol. The van der Waals surface area contributed by atoms with E-state index in [-0.39, 0.29) is 17.3 Å². The number of methoxy groups -OCH3 is 1. The Labute approximate surface area is 220 Å². The maximum atomic E-state index is 13.7. The zero-order valence-electron chi connectivity index (χ0n) is 20.5. The first kappa shape index (κ1) is 25.3. The summed E-state index contributed by atoms with van der Waals surface area (Å²) in [6.07, 6.45) is 5.51. The number of sulfonamides is 1. The van der Waals surface area contributed by atoms with Gasteiger partial charge >= 0.3 is 0 Å². The number of aromatic nitrogens is 2. The predicted octanol–water partition coefficient (Wildman–Crippen LogP) is 5.11. The lowest BCUT2D eigenvalue weighted by Crippen LogP contribution is -2.32. The molecule has 0 spiro atoms. The van der Waals surface area contributed by atoms with Crippen LogP contribution in [0.25, 0.3) is 10.2 Å². The lowest BCUT2D eigenvalue weighted by Gasteiger charge is -2.21. The van der Waals surface area contributed by atoms with Gasteiger partial charge in [0.25, 0.3) is 5.91 Å². The molecule has 0 saturated carbocycles. The van der Waals surface area contributed by atoms with Crippen molar-refractivity contribution in [2.45, 2.75) is 37.1 Å². The molecule has 2 aromatic carbocycles. The minimum atomic E-state index is -3.60. The second kappa shape index (κ2) is 11.0. The number of hydrogen-bond donors (Lipinski definition) is 0. The Bertz CT molecular complexity index is 1480. The summed E-state index contributed by atoms with van der Waals surface area (Å²) < 4.78 is 34.1. The van der Waals surface area contributed by atoms with Crippen molar-refractivity contribution >= 4 is 42.6 Å². The van der Waals surface area contributed by atoms with Crippen molar-refractivity contribution < 1.29 is 17.9 Å². The monoisotopic (exact) mass is 536 g/mol. The van der Waals surface area contributed by atoms with Crippen LogP contribution in [-0.2, 0) is 16.6 Å². The summed E-state index contributed by atoms with van der Waals surface area (Å²) in [5.41, 5.74) is 1.86. The lowest BCUT2D eigenvalue weighted by atomic mass is 10.2. The zero-order chi connectivity index (χ0) is 25.8. The van der Waals surface area contributed by atoms with Crippen molar-refractivity contribution in [3.63, 3.8) is 0 Å². The van der Waals surface area contributed by atoms with E-state index in [0.717, 1.165) is 35.9 Å². The highest BCUT2D eigenvalue weighted by Gasteiger charge is 2.27. The van der Waals surface area contributed by atoms with Crippen molar-refractivity contribution in [3.05, 3.63) is 78.1 Å². The third-order valence-corrected chi connectivity index (χ3v) is 9.36. The fraction of sp³-hybridized carbons (Fsp3) is 0.296. The molecule has 1 amide bonds. The molecule has 2 aromatic heterocycles. The highest BCUT2D eigenvalue weighted by molar-refractivity contribution is 7.89. The molecular formula is C27H28N4O4S2. The Morgan fingerprint density at radius 3 is 2.46 bits per heavy atom. The van der Waals surface area contributed by atoms with Gasteiger partial charge in [0.05, 0.1) is 34.5 Å². The number of rotatable bonds is 7. The number of thiazole rings is 1. The maximum Gasteiger partial charge on any atom is 0.260 e. The lowest BCUT2D eigenvalue weighted by molar-refractivity contribution is 0.0984. The van der Waals surface area contributed by atoms with Crippen LogP contribution in [0.3, 0.4) is 0 Å². The minimum absolute atomic E-state index is 0.203. The summed E-state index contributed by atoms with van der Waals surface area (Å²) in [5, 5.41) is 0.528. The van der Waals surface area contributed by atoms with Crippen LogP contribution < -0.4 is 9.64 Å². The van der Waals surface area contributed by atoms with Crippen LogP contribution in [0.1, 0.15) is 41.7 Å². The van der Waals surface area contributed by atoms with Gasteiger partial charge in [-0.1, -0.05) is 30.2 Å². The second-order valence-corrected chi connectivity index (χ2v) is 11.8. The van der Waals surface area contributed by atoms with Gasteiger partial charge in [-0.15, -0.1) is 0 Å². The van der Waals surface area contributed by atoms with Gasteiger partial charge in [-0.2, -0.15) is 4.31 Å². The molecule has 1 aliphatic rings. The van der Waals surface area contributed by atoms with Gasteiger partial charge in [-0.25, -0.2) is 13.4 Å². The molecule has 0 N–H and O–H groups in total. The van der Waals surface area contributed by atoms with E-state index in [2.05, 4.69) is 4.98 Å². The summed E-state index contributed by atoms with van der Waals surface area (Å²) in [7, 11) is -1.99. The number of hydrogen-bond acceptors (Lipinski definition) is 7. The van der Waals surface area contributed by atoms with E-state index in [0.29, 0.717) is 35.2 Å². The summed E-state index contributed by atoms with van der Waals surface area (Å²) in [4.78, 5) is 24.6. The molecule has 8 nitrogen and oxygen atoms in total. The number of pyridine rings is 1. The van der Waals surface area contributed by atoms with Crippen molar-refractivity contribution in [1.82, 2.24) is 14.3 Å². The summed E-state index contributed by atoms with van der Waals surface area (Å²) in [5.74, 6) is 0.432. The molecule has 0 bridgehead atoms. The third-order valence-electron chi connectivity index (χ3n) is 6.41. The largest absolute Gasteiger partial charge is 0.497 e. The predicted molar refractivity (Wildman–Crippen MR) is 145 cm³/mol. The van der Waals surface area contributed by atoms with Gasteiger partial charge in [-0.05, 0) is 67.4 Å². The standard InChI is InChI=1S/C27H28N4O4S2/c1-35-22-11-14-24-25(18-22)36-27(29-24)31(19-21-8-4-5-15-28-21)26(32)20-9-12-23(13-10-20)37(33,34)30-16-6-2-3-7-17-30/h4-5,8-15,18H,2-3,6-7,16-17,19H2,1H3. The molecule has 192 valence electrons. The Hall–Kier alpha value is -3.34. The fourth-order valence-corrected chi connectivity index (χ4v) is 6.88. The van der Waals surface area contributed by atoms with E-state index in [1.807, 2.05) is 36.4 Å². The van der Waals surface area contributed by atoms with E-state index < -0.39 is 10.0 Å². The molecule has 4 aromatic rings. The first-order chi connectivity index (χ1) is 18.0. The summed E-state index contributed by atoms with van der Waals surface area (Å²) >= 11 is 1.39. The average Bonchev–Trinajstić information content (AvgIpc) is 3.14. The molecule has 10 heteroatoms. The van der Waals surface area contributed by atoms with Crippen LogP contribution in [0.4, 0.5) is 5.13 Å². The van der Waals surface area contributed by atoms with Crippen molar-refractivity contribution in [1.29, 1.82) is 0 Å². The number of carbonyl (C=O) groups excluding carboxylic acids is 1. The second-order valence-electron chi connectivity index (χ2n) is 8.89. The number of amides is 1. The van der Waals surface area contributed by atoms with Gasteiger partial charge in [0, 0.05) is 24.8 Å². The number of ether oxygens (including phenoxy) is 1. The van der Waals surface area contributed by atoms with E-state index in [1.165, 1.54) is 23.5 Å². The van der Waals surface area contributed by atoms with Crippen LogP contribution in [-0.4, -0.2) is 48.8 Å². The Kier molecular flexibility index (Phi) is 7.50.